The number of hydrogen-bond donors (Lipinski definition) is 1. The van der Waals surface area contributed by atoms with Crippen LogP contribution in [0.2, 0.25) is 0 Å². The molecule has 126 valence electrons. The van der Waals surface area contributed by atoms with Crippen LogP contribution in [0.1, 0.15) is 44.1 Å². The Labute approximate surface area is 141 Å². The lowest BCUT2D eigenvalue weighted by molar-refractivity contribution is -0.0693. The van der Waals surface area contributed by atoms with Gasteiger partial charge in [0.05, 0.1) is 5.60 Å². The summed E-state index contributed by atoms with van der Waals surface area (Å²) < 4.78 is 0. The van der Waals surface area contributed by atoms with Crippen molar-refractivity contribution >= 4 is 0 Å². The normalized spacial score (nSPS) is 26.0. The van der Waals surface area contributed by atoms with E-state index in [1.807, 2.05) is 18.2 Å². The zero-order valence-corrected chi connectivity index (χ0v) is 14.5. The summed E-state index contributed by atoms with van der Waals surface area (Å²) in [4.78, 5) is 2.30. The van der Waals surface area contributed by atoms with E-state index >= 15 is 0 Å². The van der Waals surface area contributed by atoms with E-state index in [1.54, 1.807) is 0 Å². The van der Waals surface area contributed by atoms with Gasteiger partial charge in [-0.3, -0.25) is 4.90 Å². The van der Waals surface area contributed by atoms with E-state index < -0.39 is 5.60 Å². The number of nitrogens with zero attached hydrogens (tertiary/aromatic N) is 1. The molecule has 2 rings (SSSR count). The monoisotopic (exact) mass is 313 g/mol. The molecule has 3 unspecified atom stereocenters. The van der Waals surface area contributed by atoms with Gasteiger partial charge in [-0.25, -0.2) is 0 Å². The lowest BCUT2D eigenvalue weighted by Gasteiger charge is -2.45. The molecule has 2 heteroatoms. The quantitative estimate of drug-likeness (QED) is 0.720. The molecule has 3 atom stereocenters. The molecule has 1 saturated carbocycles. The second kappa shape index (κ2) is 8.47. The van der Waals surface area contributed by atoms with E-state index in [0.29, 0.717) is 0 Å². The van der Waals surface area contributed by atoms with Gasteiger partial charge in [-0.15, -0.1) is 13.2 Å². The Bertz CT molecular complexity index is 488. The molecule has 1 aromatic carbocycles. The molecule has 0 bridgehead atoms. The molecule has 0 aliphatic heterocycles. The Morgan fingerprint density at radius 2 is 1.87 bits per heavy atom. The average molecular weight is 313 g/mol. The Hall–Kier alpha value is -1.38. The van der Waals surface area contributed by atoms with Crippen LogP contribution in [-0.4, -0.2) is 35.2 Å². The van der Waals surface area contributed by atoms with Crippen LogP contribution < -0.4 is 0 Å². The summed E-state index contributed by atoms with van der Waals surface area (Å²) in [6, 6.07) is 10.5. The Morgan fingerprint density at radius 1 is 1.22 bits per heavy atom. The smallest absolute Gasteiger partial charge is 0.0753 e. The largest absolute Gasteiger partial charge is 0.389 e. The fourth-order valence-corrected chi connectivity index (χ4v) is 4.05. The van der Waals surface area contributed by atoms with E-state index in [1.165, 1.54) is 12.0 Å². The second-order valence-corrected chi connectivity index (χ2v) is 6.90. The minimum atomic E-state index is -0.625. The number of rotatable bonds is 8. The molecule has 1 aliphatic carbocycles. The van der Waals surface area contributed by atoms with Gasteiger partial charge < -0.3 is 5.11 Å². The van der Waals surface area contributed by atoms with Gasteiger partial charge in [-0.1, -0.05) is 62.2 Å². The van der Waals surface area contributed by atoms with Gasteiger partial charge in [0.25, 0.3) is 0 Å². The van der Waals surface area contributed by atoms with Gasteiger partial charge >= 0.3 is 0 Å². The molecule has 0 amide bonds. The van der Waals surface area contributed by atoms with E-state index in [2.05, 4.69) is 49.2 Å². The predicted octanol–water partition coefficient (Wildman–Crippen LogP) is 4.39. The summed E-state index contributed by atoms with van der Waals surface area (Å²) in [6.45, 7) is 12.4. The second-order valence-electron chi connectivity index (χ2n) is 6.90. The SMILES string of the molecule is C=CCN(CC=C)CC(C)C1(O)CCCCC1c1ccccc1. The summed E-state index contributed by atoms with van der Waals surface area (Å²) >= 11 is 0. The molecule has 1 aliphatic rings. The minimum Gasteiger partial charge on any atom is -0.389 e. The Morgan fingerprint density at radius 3 is 2.48 bits per heavy atom. The van der Waals surface area contributed by atoms with Crippen molar-refractivity contribution < 1.29 is 5.11 Å². The Kier molecular flexibility index (Phi) is 6.61. The third kappa shape index (κ3) is 4.33. The first-order valence-corrected chi connectivity index (χ1v) is 8.83. The van der Waals surface area contributed by atoms with Crippen molar-refractivity contribution in [3.63, 3.8) is 0 Å². The van der Waals surface area contributed by atoms with Crippen molar-refractivity contribution in [3.8, 4) is 0 Å². The van der Waals surface area contributed by atoms with Gasteiger partial charge in [0.2, 0.25) is 0 Å². The molecule has 1 aromatic rings. The lowest BCUT2D eigenvalue weighted by atomic mass is 9.66. The fourth-order valence-electron chi connectivity index (χ4n) is 4.05. The first-order chi connectivity index (χ1) is 11.1. The zero-order valence-electron chi connectivity index (χ0n) is 14.5. The van der Waals surface area contributed by atoms with Crippen molar-refractivity contribution in [1.82, 2.24) is 4.90 Å². The maximum Gasteiger partial charge on any atom is 0.0753 e. The van der Waals surface area contributed by atoms with E-state index in [4.69, 9.17) is 0 Å². The fraction of sp³-hybridized carbons (Fsp3) is 0.524. The molecule has 2 nitrogen and oxygen atoms in total. The van der Waals surface area contributed by atoms with Crippen LogP contribution in [-0.2, 0) is 0 Å². The van der Waals surface area contributed by atoms with Crippen LogP contribution >= 0.6 is 0 Å². The van der Waals surface area contributed by atoms with Crippen molar-refractivity contribution in [2.45, 2.75) is 44.1 Å². The van der Waals surface area contributed by atoms with Gasteiger partial charge in [0.15, 0.2) is 0 Å². The molecule has 0 aromatic heterocycles. The predicted molar refractivity (Wildman–Crippen MR) is 98.6 cm³/mol. The standard InChI is InChI=1S/C21H31NO/c1-4-15-22(16-5-2)17-18(3)21(23)14-10-9-13-20(21)19-11-7-6-8-12-19/h4-8,11-12,18,20,23H,1-2,9-10,13-17H2,3H3. The molecule has 0 spiro atoms. The highest BCUT2D eigenvalue weighted by molar-refractivity contribution is 5.24. The average Bonchev–Trinajstić information content (AvgIpc) is 2.56. The van der Waals surface area contributed by atoms with Crippen LogP contribution in [0.5, 0.6) is 0 Å². The molecule has 23 heavy (non-hydrogen) atoms. The summed E-state index contributed by atoms with van der Waals surface area (Å²) in [5, 5.41) is 11.6. The summed E-state index contributed by atoms with van der Waals surface area (Å²) in [7, 11) is 0. The molecule has 0 heterocycles. The topological polar surface area (TPSA) is 23.5 Å². The van der Waals surface area contributed by atoms with Crippen LogP contribution in [0.25, 0.3) is 0 Å². The van der Waals surface area contributed by atoms with Crippen molar-refractivity contribution in [2.24, 2.45) is 5.92 Å². The number of benzene rings is 1. The first-order valence-electron chi connectivity index (χ1n) is 8.83. The van der Waals surface area contributed by atoms with Gasteiger partial charge in [-0.05, 0) is 24.3 Å². The van der Waals surface area contributed by atoms with Crippen LogP contribution in [0.3, 0.4) is 0 Å². The van der Waals surface area contributed by atoms with Crippen molar-refractivity contribution in [2.75, 3.05) is 19.6 Å². The molecule has 1 fully saturated rings. The Balaban J connectivity index is 2.17. The van der Waals surface area contributed by atoms with Crippen LogP contribution in [0.4, 0.5) is 0 Å². The maximum absolute atomic E-state index is 11.6. The summed E-state index contributed by atoms with van der Waals surface area (Å²) in [6.07, 6.45) is 8.15. The summed E-state index contributed by atoms with van der Waals surface area (Å²) in [5.41, 5.74) is 0.653. The highest BCUT2D eigenvalue weighted by Crippen LogP contribution is 2.45. The van der Waals surface area contributed by atoms with E-state index in [0.717, 1.165) is 38.9 Å². The summed E-state index contributed by atoms with van der Waals surface area (Å²) in [5.74, 6) is 0.453. The van der Waals surface area contributed by atoms with Crippen LogP contribution in [0, 0.1) is 5.92 Å². The maximum atomic E-state index is 11.6. The highest BCUT2D eigenvalue weighted by Gasteiger charge is 2.44. The van der Waals surface area contributed by atoms with E-state index in [9.17, 15) is 5.11 Å². The number of aliphatic hydroxyl groups is 1. The third-order valence-corrected chi connectivity index (χ3v) is 5.29. The molecular formula is C21H31NO. The minimum absolute atomic E-state index is 0.216. The molecule has 0 saturated heterocycles. The van der Waals surface area contributed by atoms with Gasteiger partial charge in [0.1, 0.15) is 0 Å². The first kappa shape index (κ1) is 18.0. The van der Waals surface area contributed by atoms with Crippen LogP contribution in [0.15, 0.2) is 55.6 Å². The molecule has 1 N–H and O–H groups in total. The number of hydrogen-bond acceptors (Lipinski definition) is 2. The van der Waals surface area contributed by atoms with Crippen molar-refractivity contribution in [3.05, 3.63) is 61.2 Å². The van der Waals surface area contributed by atoms with Gasteiger partial charge in [0, 0.05) is 25.6 Å². The third-order valence-electron chi connectivity index (χ3n) is 5.29. The van der Waals surface area contributed by atoms with Gasteiger partial charge in [-0.2, -0.15) is 0 Å². The molecule has 0 radical (unpaired) electrons. The van der Waals surface area contributed by atoms with Crippen molar-refractivity contribution in [1.29, 1.82) is 0 Å². The lowest BCUT2D eigenvalue weighted by Crippen LogP contribution is -2.49. The van der Waals surface area contributed by atoms with E-state index in [-0.39, 0.29) is 11.8 Å². The zero-order chi connectivity index (χ0) is 16.7. The molecular weight excluding hydrogens is 282 g/mol. The highest BCUT2D eigenvalue weighted by atomic mass is 16.3.